The van der Waals surface area contributed by atoms with Gasteiger partial charge in [-0.1, -0.05) is 12.8 Å². The van der Waals surface area contributed by atoms with E-state index in [4.69, 9.17) is 11.6 Å². The van der Waals surface area contributed by atoms with Gasteiger partial charge in [0.25, 0.3) is 0 Å². The summed E-state index contributed by atoms with van der Waals surface area (Å²) in [5, 5.41) is 0. The number of sulfonamides is 1. The van der Waals surface area contributed by atoms with Gasteiger partial charge in [-0.25, -0.2) is 13.1 Å². The molecule has 0 amide bonds. The van der Waals surface area contributed by atoms with Gasteiger partial charge in [0.2, 0.25) is 10.0 Å². The predicted octanol–water partition coefficient (Wildman–Crippen LogP) is 2.75. The Morgan fingerprint density at radius 2 is 1.71 bits per heavy atom. The molecule has 102 valence electrons. The molecular formula is C12H24ClNO2S. The highest BCUT2D eigenvalue weighted by molar-refractivity contribution is 7.90. The van der Waals surface area contributed by atoms with Gasteiger partial charge in [-0.2, -0.15) is 0 Å². The Balaban J connectivity index is 2.55. The maximum absolute atomic E-state index is 11.9. The zero-order valence-corrected chi connectivity index (χ0v) is 12.6. The first-order valence-electron chi connectivity index (χ1n) is 6.33. The molecule has 0 bridgehead atoms. The second-order valence-corrected chi connectivity index (χ2v) is 8.75. The van der Waals surface area contributed by atoms with E-state index in [2.05, 4.69) is 4.72 Å². The third kappa shape index (κ3) is 4.11. The van der Waals surface area contributed by atoms with Gasteiger partial charge in [0.05, 0.1) is 4.75 Å². The number of hydrogen-bond acceptors (Lipinski definition) is 2. The summed E-state index contributed by atoms with van der Waals surface area (Å²) in [7, 11) is -3.22. The molecule has 1 aliphatic rings. The van der Waals surface area contributed by atoms with Crippen molar-refractivity contribution >= 4 is 21.6 Å². The molecule has 0 aliphatic heterocycles. The van der Waals surface area contributed by atoms with Crippen LogP contribution in [0.4, 0.5) is 0 Å². The van der Waals surface area contributed by atoms with Crippen LogP contribution in [-0.4, -0.2) is 25.6 Å². The smallest absolute Gasteiger partial charge is 0.214 e. The zero-order chi connectivity index (χ0) is 13.1. The minimum absolute atomic E-state index is 0.401. The van der Waals surface area contributed by atoms with Crippen molar-refractivity contribution in [1.82, 2.24) is 4.72 Å². The highest BCUT2D eigenvalue weighted by Crippen LogP contribution is 2.30. The van der Waals surface area contributed by atoms with Gasteiger partial charge in [-0.3, -0.25) is 0 Å². The standard InChI is InChI=1S/C12H24ClNO2S/c1-12(2,3)17(15,16)14-9-11-7-5-4-6-10(11)8-13/h10-11,14H,4-9H2,1-3H3. The largest absolute Gasteiger partial charge is 0.216 e. The van der Waals surface area contributed by atoms with Crippen LogP contribution in [0.3, 0.4) is 0 Å². The van der Waals surface area contributed by atoms with E-state index in [1.165, 1.54) is 12.8 Å². The Hall–Kier alpha value is 0.200. The first kappa shape index (κ1) is 15.3. The summed E-state index contributed by atoms with van der Waals surface area (Å²) in [6.45, 7) is 5.69. The molecule has 0 aromatic heterocycles. The Morgan fingerprint density at radius 1 is 1.18 bits per heavy atom. The summed E-state index contributed by atoms with van der Waals surface area (Å²) < 4.78 is 25.9. The molecule has 0 aromatic rings. The molecule has 2 unspecified atom stereocenters. The van der Waals surface area contributed by atoms with E-state index in [1.54, 1.807) is 20.8 Å². The van der Waals surface area contributed by atoms with E-state index in [0.29, 0.717) is 24.3 Å². The van der Waals surface area contributed by atoms with Crippen LogP contribution in [0.15, 0.2) is 0 Å². The first-order valence-corrected chi connectivity index (χ1v) is 8.35. The molecule has 0 heterocycles. The van der Waals surface area contributed by atoms with Crippen molar-refractivity contribution in [1.29, 1.82) is 0 Å². The first-order chi connectivity index (χ1) is 7.78. The van der Waals surface area contributed by atoms with Crippen molar-refractivity contribution in [2.24, 2.45) is 11.8 Å². The number of nitrogens with one attached hydrogen (secondary N) is 1. The molecule has 0 radical (unpaired) electrons. The lowest BCUT2D eigenvalue weighted by Crippen LogP contribution is -2.43. The van der Waals surface area contributed by atoms with Gasteiger partial charge < -0.3 is 0 Å². The quantitative estimate of drug-likeness (QED) is 0.806. The topological polar surface area (TPSA) is 46.2 Å². The van der Waals surface area contributed by atoms with Crippen molar-refractivity contribution in [3.63, 3.8) is 0 Å². The van der Waals surface area contributed by atoms with E-state index in [9.17, 15) is 8.42 Å². The van der Waals surface area contributed by atoms with Crippen LogP contribution in [0.1, 0.15) is 46.5 Å². The molecule has 0 saturated heterocycles. The maximum Gasteiger partial charge on any atom is 0.216 e. The van der Waals surface area contributed by atoms with E-state index < -0.39 is 14.8 Å². The van der Waals surface area contributed by atoms with Crippen LogP contribution in [-0.2, 0) is 10.0 Å². The number of alkyl halides is 1. The molecule has 3 nitrogen and oxygen atoms in total. The van der Waals surface area contributed by atoms with Gasteiger partial charge in [0.15, 0.2) is 0 Å². The Morgan fingerprint density at radius 3 is 2.18 bits per heavy atom. The molecule has 1 rings (SSSR count). The maximum atomic E-state index is 11.9. The predicted molar refractivity (Wildman–Crippen MR) is 72.8 cm³/mol. The Bertz CT molecular complexity index is 335. The van der Waals surface area contributed by atoms with Crippen LogP contribution < -0.4 is 4.72 Å². The number of rotatable bonds is 4. The summed E-state index contributed by atoms with van der Waals surface area (Å²) in [4.78, 5) is 0. The van der Waals surface area contributed by atoms with Crippen molar-refractivity contribution in [3.05, 3.63) is 0 Å². The van der Waals surface area contributed by atoms with Gasteiger partial charge in [0.1, 0.15) is 0 Å². The van der Waals surface area contributed by atoms with Gasteiger partial charge in [-0.05, 0) is 45.4 Å². The Labute approximate surface area is 110 Å². The average Bonchev–Trinajstić information content (AvgIpc) is 2.25. The minimum Gasteiger partial charge on any atom is -0.214 e. The van der Waals surface area contributed by atoms with E-state index in [0.717, 1.165) is 12.8 Å². The molecule has 1 fully saturated rings. The van der Waals surface area contributed by atoms with E-state index >= 15 is 0 Å². The SMILES string of the molecule is CC(C)(C)S(=O)(=O)NCC1CCCCC1CCl. The fourth-order valence-electron chi connectivity index (χ4n) is 2.19. The summed E-state index contributed by atoms with van der Waals surface area (Å²) in [5.41, 5.74) is 0. The molecule has 1 N–H and O–H groups in total. The average molecular weight is 282 g/mol. The molecule has 1 saturated carbocycles. The van der Waals surface area contributed by atoms with Crippen molar-refractivity contribution < 1.29 is 8.42 Å². The van der Waals surface area contributed by atoms with Crippen LogP contribution in [0.2, 0.25) is 0 Å². The van der Waals surface area contributed by atoms with Gasteiger partial charge in [0, 0.05) is 12.4 Å². The van der Waals surface area contributed by atoms with Crippen LogP contribution in [0, 0.1) is 11.8 Å². The molecule has 0 aromatic carbocycles. The van der Waals surface area contributed by atoms with Crippen LogP contribution >= 0.6 is 11.6 Å². The molecule has 5 heteroatoms. The molecule has 0 spiro atoms. The third-order valence-corrected chi connectivity index (χ3v) is 6.16. The van der Waals surface area contributed by atoms with Gasteiger partial charge >= 0.3 is 0 Å². The van der Waals surface area contributed by atoms with Crippen LogP contribution in [0.5, 0.6) is 0 Å². The summed E-state index contributed by atoms with van der Waals surface area (Å²) in [5.74, 6) is 1.51. The lowest BCUT2D eigenvalue weighted by molar-refractivity contribution is 0.260. The van der Waals surface area contributed by atoms with Crippen LogP contribution in [0.25, 0.3) is 0 Å². The monoisotopic (exact) mass is 281 g/mol. The van der Waals surface area contributed by atoms with E-state index in [-0.39, 0.29) is 0 Å². The fourth-order valence-corrected chi connectivity index (χ4v) is 3.46. The number of hydrogen-bond donors (Lipinski definition) is 1. The highest BCUT2D eigenvalue weighted by Gasteiger charge is 2.31. The lowest BCUT2D eigenvalue weighted by Gasteiger charge is -2.31. The second kappa shape index (κ2) is 5.89. The third-order valence-electron chi connectivity index (χ3n) is 3.61. The van der Waals surface area contributed by atoms with Crippen molar-refractivity contribution in [2.75, 3.05) is 12.4 Å². The number of halogens is 1. The summed E-state index contributed by atoms with van der Waals surface area (Å²) in [6, 6.07) is 0. The van der Waals surface area contributed by atoms with Crippen molar-refractivity contribution in [3.8, 4) is 0 Å². The molecule has 1 aliphatic carbocycles. The molecule has 17 heavy (non-hydrogen) atoms. The highest BCUT2D eigenvalue weighted by atomic mass is 35.5. The molecular weight excluding hydrogens is 258 g/mol. The lowest BCUT2D eigenvalue weighted by atomic mass is 9.80. The summed E-state index contributed by atoms with van der Waals surface area (Å²) >= 11 is 5.94. The zero-order valence-electron chi connectivity index (χ0n) is 11.0. The normalized spacial score (nSPS) is 27.1. The van der Waals surface area contributed by atoms with E-state index in [1.807, 2.05) is 0 Å². The van der Waals surface area contributed by atoms with Crippen molar-refractivity contribution in [2.45, 2.75) is 51.2 Å². The Kier molecular flexibility index (Phi) is 5.29. The minimum atomic E-state index is -3.22. The molecule has 2 atom stereocenters. The summed E-state index contributed by atoms with van der Waals surface area (Å²) in [6.07, 6.45) is 4.63. The van der Waals surface area contributed by atoms with Gasteiger partial charge in [-0.15, -0.1) is 11.6 Å². The second-order valence-electron chi connectivity index (χ2n) is 5.92. The fraction of sp³-hybridized carbons (Fsp3) is 1.00.